The van der Waals surface area contributed by atoms with Crippen LogP contribution in [0, 0.1) is 0 Å². The second kappa shape index (κ2) is 10.5. The summed E-state index contributed by atoms with van der Waals surface area (Å²) in [6.45, 7) is 4.00. The Kier molecular flexibility index (Phi) is 8.06. The van der Waals surface area contributed by atoms with E-state index in [9.17, 15) is 4.79 Å². The molecule has 2 aromatic rings. The summed E-state index contributed by atoms with van der Waals surface area (Å²) in [6, 6.07) is 7.55. The van der Waals surface area contributed by atoms with Crippen LogP contribution < -0.4 is 10.6 Å². The molecule has 9 heteroatoms. The highest BCUT2D eigenvalue weighted by Gasteiger charge is 2.07. The normalized spacial score (nSPS) is 11.3. The summed E-state index contributed by atoms with van der Waals surface area (Å²) >= 11 is 6.02. The largest absolute Gasteiger partial charge is 0.355 e. The van der Waals surface area contributed by atoms with Crippen LogP contribution in [0.1, 0.15) is 18.3 Å². The average molecular weight is 392 g/mol. The molecule has 0 unspecified atom stereocenters. The van der Waals surface area contributed by atoms with Gasteiger partial charge in [-0.1, -0.05) is 30.7 Å². The van der Waals surface area contributed by atoms with E-state index in [-0.39, 0.29) is 12.5 Å². The number of benzene rings is 1. The first-order valence-corrected chi connectivity index (χ1v) is 9.21. The van der Waals surface area contributed by atoms with Crippen LogP contribution in [0.3, 0.4) is 0 Å². The van der Waals surface area contributed by atoms with Crippen LogP contribution in [0.5, 0.6) is 0 Å². The van der Waals surface area contributed by atoms with Crippen molar-refractivity contribution in [1.29, 1.82) is 0 Å². The van der Waals surface area contributed by atoms with E-state index in [2.05, 4.69) is 25.8 Å². The first kappa shape index (κ1) is 20.7. The van der Waals surface area contributed by atoms with E-state index in [1.807, 2.05) is 35.8 Å². The number of carbonyl (C=O) groups excluding carboxylic acids is 1. The monoisotopic (exact) mass is 391 g/mol. The van der Waals surface area contributed by atoms with E-state index < -0.39 is 0 Å². The molecular formula is C18H26ClN7O. The number of halogens is 1. The first-order valence-electron chi connectivity index (χ1n) is 8.83. The highest BCUT2D eigenvalue weighted by Crippen LogP contribution is 2.11. The first-order chi connectivity index (χ1) is 13.0. The number of aryl methyl sites for hydroxylation is 1. The number of nitrogens with zero attached hydrogens (tertiary/aromatic N) is 5. The second-order valence-corrected chi connectivity index (χ2v) is 6.59. The van der Waals surface area contributed by atoms with Gasteiger partial charge in [0.25, 0.3) is 0 Å². The van der Waals surface area contributed by atoms with Gasteiger partial charge >= 0.3 is 0 Å². The standard InChI is InChI=1S/C18H26ClN7O/c1-4-16-24-23-13-26(16)9-8-20-18(22-12-17(27)25(2)3)21-11-14-6-5-7-15(19)10-14/h5-7,10,13H,4,8-9,11-12H2,1-3H3,(H2,20,21,22). The van der Waals surface area contributed by atoms with Crippen LogP contribution in [-0.4, -0.2) is 58.7 Å². The molecule has 0 fully saturated rings. The molecule has 0 saturated heterocycles. The molecule has 0 aliphatic heterocycles. The van der Waals surface area contributed by atoms with Gasteiger partial charge in [0.1, 0.15) is 12.2 Å². The molecule has 0 aliphatic rings. The lowest BCUT2D eigenvalue weighted by Gasteiger charge is -2.15. The minimum Gasteiger partial charge on any atom is -0.355 e. The zero-order chi connectivity index (χ0) is 19.6. The lowest BCUT2D eigenvalue weighted by Crippen LogP contribution is -2.43. The molecule has 0 saturated carbocycles. The molecule has 8 nitrogen and oxygen atoms in total. The van der Waals surface area contributed by atoms with Gasteiger partial charge in [0.2, 0.25) is 5.91 Å². The van der Waals surface area contributed by atoms with Gasteiger partial charge in [-0.2, -0.15) is 0 Å². The molecule has 2 rings (SSSR count). The maximum atomic E-state index is 11.9. The molecule has 1 aromatic heterocycles. The van der Waals surface area contributed by atoms with Crippen molar-refractivity contribution in [3.8, 4) is 0 Å². The SMILES string of the molecule is CCc1nncn1CCNC(=NCc1cccc(Cl)c1)NCC(=O)N(C)C. The zero-order valence-electron chi connectivity index (χ0n) is 15.9. The van der Waals surface area contributed by atoms with E-state index >= 15 is 0 Å². The minimum atomic E-state index is -0.0284. The molecule has 1 amide bonds. The quantitative estimate of drug-likeness (QED) is 0.523. The molecule has 27 heavy (non-hydrogen) atoms. The number of hydrogen-bond donors (Lipinski definition) is 2. The number of nitrogens with one attached hydrogen (secondary N) is 2. The fraction of sp³-hybridized carbons (Fsp3) is 0.444. The molecule has 0 atom stereocenters. The lowest BCUT2D eigenvalue weighted by molar-refractivity contribution is -0.127. The topological polar surface area (TPSA) is 87.4 Å². The van der Waals surface area contributed by atoms with Crippen molar-refractivity contribution in [2.24, 2.45) is 4.99 Å². The van der Waals surface area contributed by atoms with Crippen molar-refractivity contribution in [3.05, 3.63) is 47.0 Å². The van der Waals surface area contributed by atoms with Crippen molar-refractivity contribution in [2.75, 3.05) is 27.2 Å². The van der Waals surface area contributed by atoms with Crippen LogP contribution >= 0.6 is 11.6 Å². The fourth-order valence-electron chi connectivity index (χ4n) is 2.33. The van der Waals surface area contributed by atoms with Gasteiger partial charge in [0.15, 0.2) is 5.96 Å². The molecular weight excluding hydrogens is 366 g/mol. The van der Waals surface area contributed by atoms with Crippen LogP contribution in [0.25, 0.3) is 0 Å². The molecule has 0 radical (unpaired) electrons. The van der Waals surface area contributed by atoms with E-state index in [0.717, 1.165) is 17.8 Å². The van der Waals surface area contributed by atoms with E-state index in [1.165, 1.54) is 4.90 Å². The summed E-state index contributed by atoms with van der Waals surface area (Å²) < 4.78 is 1.99. The Balaban J connectivity index is 1.97. The van der Waals surface area contributed by atoms with Gasteiger partial charge in [0, 0.05) is 38.6 Å². The third-order valence-corrected chi connectivity index (χ3v) is 4.11. The number of rotatable bonds is 8. The second-order valence-electron chi connectivity index (χ2n) is 6.16. The third kappa shape index (κ3) is 6.90. The number of hydrogen-bond acceptors (Lipinski definition) is 4. The number of aromatic nitrogens is 3. The van der Waals surface area contributed by atoms with Gasteiger partial charge in [-0.15, -0.1) is 10.2 Å². The number of amides is 1. The maximum absolute atomic E-state index is 11.9. The Hall–Kier alpha value is -2.61. The highest BCUT2D eigenvalue weighted by molar-refractivity contribution is 6.30. The summed E-state index contributed by atoms with van der Waals surface area (Å²) in [7, 11) is 3.44. The molecule has 146 valence electrons. The summed E-state index contributed by atoms with van der Waals surface area (Å²) in [4.78, 5) is 17.9. The van der Waals surface area contributed by atoms with Crippen molar-refractivity contribution < 1.29 is 4.79 Å². The Bertz CT molecular complexity index is 773. The van der Waals surface area contributed by atoms with Crippen molar-refractivity contribution in [1.82, 2.24) is 30.3 Å². The molecule has 1 heterocycles. The maximum Gasteiger partial charge on any atom is 0.241 e. The van der Waals surface area contributed by atoms with Crippen LogP contribution in [0.15, 0.2) is 35.6 Å². The summed E-state index contributed by atoms with van der Waals surface area (Å²) in [5, 5.41) is 15.0. The van der Waals surface area contributed by atoms with E-state index in [0.29, 0.717) is 30.6 Å². The van der Waals surface area contributed by atoms with Crippen LogP contribution in [-0.2, 0) is 24.3 Å². The minimum absolute atomic E-state index is 0.0284. The van der Waals surface area contributed by atoms with Gasteiger partial charge < -0.3 is 20.1 Å². The summed E-state index contributed by atoms with van der Waals surface area (Å²) in [5.74, 6) is 1.47. The van der Waals surface area contributed by atoms with Gasteiger partial charge in [-0.25, -0.2) is 4.99 Å². The number of guanidine groups is 1. The van der Waals surface area contributed by atoms with Gasteiger partial charge in [-0.3, -0.25) is 4.79 Å². The molecule has 1 aromatic carbocycles. The summed E-state index contributed by atoms with van der Waals surface area (Å²) in [5.41, 5.74) is 0.995. The van der Waals surface area contributed by atoms with Crippen molar-refractivity contribution in [2.45, 2.75) is 26.4 Å². The summed E-state index contributed by atoms with van der Waals surface area (Å²) in [6.07, 6.45) is 2.54. The fourth-order valence-corrected chi connectivity index (χ4v) is 2.54. The predicted octanol–water partition coefficient (Wildman–Crippen LogP) is 1.32. The molecule has 0 bridgehead atoms. The third-order valence-electron chi connectivity index (χ3n) is 3.87. The Morgan fingerprint density at radius 3 is 2.85 bits per heavy atom. The number of likely N-dealkylation sites (N-methyl/N-ethyl adjacent to an activating group) is 1. The average Bonchev–Trinajstić information content (AvgIpc) is 3.10. The zero-order valence-corrected chi connectivity index (χ0v) is 16.7. The van der Waals surface area contributed by atoms with Crippen molar-refractivity contribution >= 4 is 23.5 Å². The molecule has 0 aliphatic carbocycles. The van der Waals surface area contributed by atoms with E-state index in [4.69, 9.17) is 11.6 Å². The van der Waals surface area contributed by atoms with Crippen LogP contribution in [0.2, 0.25) is 5.02 Å². The van der Waals surface area contributed by atoms with Crippen molar-refractivity contribution in [3.63, 3.8) is 0 Å². The lowest BCUT2D eigenvalue weighted by atomic mass is 10.2. The number of carbonyl (C=O) groups is 1. The predicted molar refractivity (Wildman–Crippen MR) is 107 cm³/mol. The van der Waals surface area contributed by atoms with Gasteiger partial charge in [-0.05, 0) is 17.7 Å². The number of aliphatic imine (C=N–C) groups is 1. The van der Waals surface area contributed by atoms with Crippen LogP contribution in [0.4, 0.5) is 0 Å². The Morgan fingerprint density at radius 2 is 2.15 bits per heavy atom. The Labute approximate surface area is 164 Å². The van der Waals surface area contributed by atoms with Gasteiger partial charge in [0.05, 0.1) is 13.1 Å². The van der Waals surface area contributed by atoms with E-state index in [1.54, 1.807) is 20.4 Å². The molecule has 0 spiro atoms. The molecule has 2 N–H and O–H groups in total. The smallest absolute Gasteiger partial charge is 0.241 e. The Morgan fingerprint density at radius 1 is 1.33 bits per heavy atom. The highest BCUT2D eigenvalue weighted by atomic mass is 35.5.